The Bertz CT molecular complexity index is 451. The van der Waals surface area contributed by atoms with Gasteiger partial charge >= 0.3 is 0 Å². The molecule has 0 aromatic heterocycles. The number of thioether (sulfide) groups is 8. The molecule has 4 rings (SSSR count). The fourth-order valence-corrected chi connectivity index (χ4v) is 25.2. The molecule has 4 heterocycles. The highest BCUT2D eigenvalue weighted by Crippen LogP contribution is 2.46. The number of hydrogen-bond donors (Lipinski definition) is 0. The van der Waals surface area contributed by atoms with Crippen LogP contribution < -0.4 is 0 Å². The van der Waals surface area contributed by atoms with Crippen LogP contribution in [0.2, 0.25) is 0 Å². The first-order chi connectivity index (χ1) is 17.3. The van der Waals surface area contributed by atoms with Crippen molar-refractivity contribution in [3.05, 3.63) is 0 Å². The van der Waals surface area contributed by atoms with Crippen LogP contribution in [0.4, 0.5) is 0 Å². The molecular weight excluding hydrogens is 741 g/mol. The summed E-state index contributed by atoms with van der Waals surface area (Å²) >= 11 is 17.4. The van der Waals surface area contributed by atoms with Crippen LogP contribution in [0.15, 0.2) is 0 Å². The Labute approximate surface area is 279 Å². The minimum atomic E-state index is 0.729. The summed E-state index contributed by atoms with van der Waals surface area (Å²) < 4.78 is 1.46. The van der Waals surface area contributed by atoms with Gasteiger partial charge in [0, 0.05) is 67.0 Å². The molecule has 0 radical (unpaired) electrons. The SMILES string of the molecule is C(SSCC1CS1)SC(CC(SCSSCC1CS1)SCSSCC1CS1)SCSSCC1CS1. The van der Waals surface area contributed by atoms with Gasteiger partial charge in [-0.25, -0.2) is 0 Å². The van der Waals surface area contributed by atoms with Gasteiger partial charge in [0.05, 0.1) is 29.5 Å². The summed E-state index contributed by atoms with van der Waals surface area (Å²) in [6.07, 6.45) is 1.34. The van der Waals surface area contributed by atoms with E-state index in [0.717, 1.165) is 30.2 Å². The van der Waals surface area contributed by atoms with E-state index in [1.165, 1.54) is 72.8 Å². The van der Waals surface area contributed by atoms with Crippen LogP contribution in [0.3, 0.4) is 0 Å². The lowest BCUT2D eigenvalue weighted by Crippen LogP contribution is -2.08. The predicted octanol–water partition coefficient (Wildman–Crippen LogP) is 10.8. The van der Waals surface area contributed by atoms with Crippen molar-refractivity contribution in [1.82, 2.24) is 0 Å². The van der Waals surface area contributed by atoms with Gasteiger partial charge in [-0.1, -0.05) is 86.4 Å². The second-order valence-electron chi connectivity index (χ2n) is 7.66. The van der Waals surface area contributed by atoms with E-state index < -0.39 is 0 Å². The van der Waals surface area contributed by atoms with Crippen LogP contribution in [0.25, 0.3) is 0 Å². The highest BCUT2D eigenvalue weighted by atomic mass is 33.1. The van der Waals surface area contributed by atoms with Gasteiger partial charge in [0.25, 0.3) is 0 Å². The van der Waals surface area contributed by atoms with Crippen molar-refractivity contribution in [2.75, 3.05) is 66.4 Å². The zero-order valence-corrected chi connectivity index (χ0v) is 32.3. The molecule has 0 aromatic rings. The molecule has 4 fully saturated rings. The van der Waals surface area contributed by atoms with Gasteiger partial charge in [0.1, 0.15) is 0 Å². The Morgan fingerprint density at radius 1 is 0.429 bits per heavy atom. The zero-order valence-electron chi connectivity index (χ0n) is 19.2. The molecule has 4 atom stereocenters. The molecule has 0 N–H and O–H groups in total. The third-order valence-corrected chi connectivity index (χ3v) is 26.8. The molecule has 4 unspecified atom stereocenters. The van der Waals surface area contributed by atoms with Gasteiger partial charge in [0.15, 0.2) is 0 Å². The van der Waals surface area contributed by atoms with Crippen LogP contribution >= 0.6 is 180 Å². The van der Waals surface area contributed by atoms with Crippen molar-refractivity contribution >= 4 is 180 Å². The zero-order chi connectivity index (χ0) is 24.0. The summed E-state index contributed by atoms with van der Waals surface area (Å²) in [7, 11) is 16.9. The Morgan fingerprint density at radius 3 is 0.914 bits per heavy atom. The summed E-state index contributed by atoms with van der Waals surface area (Å²) in [4.78, 5) is 0. The molecular formula is C19H32S16. The Morgan fingerprint density at radius 2 is 0.686 bits per heavy atom. The average Bonchev–Trinajstić information content (AvgIpc) is 3.70. The quantitative estimate of drug-likeness (QED) is 0.0354. The van der Waals surface area contributed by atoms with Crippen LogP contribution in [0.1, 0.15) is 6.42 Å². The van der Waals surface area contributed by atoms with Gasteiger partial charge in [-0.15, -0.1) is 47.0 Å². The van der Waals surface area contributed by atoms with Crippen molar-refractivity contribution in [3.8, 4) is 0 Å². The monoisotopic (exact) mass is 772 g/mol. The van der Waals surface area contributed by atoms with Crippen LogP contribution in [0.5, 0.6) is 0 Å². The van der Waals surface area contributed by atoms with Crippen molar-refractivity contribution in [2.24, 2.45) is 0 Å². The molecule has 4 aliphatic heterocycles. The highest BCUT2D eigenvalue weighted by molar-refractivity contribution is 8.79. The van der Waals surface area contributed by atoms with E-state index in [2.05, 4.69) is 180 Å². The summed E-state index contributed by atoms with van der Waals surface area (Å²) in [5.74, 6) is 11.0. The minimum absolute atomic E-state index is 0.729. The summed E-state index contributed by atoms with van der Waals surface area (Å²) in [5.41, 5.74) is 0. The maximum atomic E-state index is 2.23. The maximum Gasteiger partial charge on any atom is 0.0538 e. The van der Waals surface area contributed by atoms with Crippen LogP contribution in [0, 0.1) is 0 Å². The molecule has 0 amide bonds. The first-order valence-corrected chi connectivity index (χ1v) is 29.6. The number of hydrogen-bond acceptors (Lipinski definition) is 16. The maximum absolute atomic E-state index is 2.23. The van der Waals surface area contributed by atoms with Crippen LogP contribution in [-0.2, 0) is 0 Å². The fraction of sp³-hybridized carbons (Fsp3) is 1.00. The van der Waals surface area contributed by atoms with E-state index in [-0.39, 0.29) is 0 Å². The first kappa shape index (κ1) is 33.5. The van der Waals surface area contributed by atoms with Crippen LogP contribution in [-0.4, -0.2) is 96.5 Å². The lowest BCUT2D eigenvalue weighted by atomic mass is 10.5. The van der Waals surface area contributed by atoms with Gasteiger partial charge in [-0.2, -0.15) is 47.0 Å². The molecule has 0 spiro atoms. The van der Waals surface area contributed by atoms with Gasteiger partial charge < -0.3 is 0 Å². The predicted molar refractivity (Wildman–Crippen MR) is 207 cm³/mol. The second kappa shape index (κ2) is 21.3. The molecule has 0 saturated carbocycles. The molecule has 0 aliphatic carbocycles. The molecule has 35 heavy (non-hydrogen) atoms. The molecule has 0 aromatic carbocycles. The van der Waals surface area contributed by atoms with E-state index in [1.807, 2.05) is 0 Å². The third kappa shape index (κ3) is 19.5. The lowest BCUT2D eigenvalue weighted by molar-refractivity contribution is 1.03. The summed E-state index contributed by atoms with van der Waals surface area (Å²) in [6, 6.07) is 0. The Balaban J connectivity index is 1.14. The standard InChI is InChI=1S/C19H32S16/c1(18(24-10-32-28-6-14-2-20-14)25-11-33-29-7-15-3-21-15)19(26-12-34-30-8-16-4-22-16)27-13-35-31-9-17-5-23-17/h14-19H,1-13H2. The van der Waals surface area contributed by atoms with Gasteiger partial charge in [-0.05, 0) is 6.42 Å². The molecule has 0 bridgehead atoms. The summed E-state index contributed by atoms with van der Waals surface area (Å²) in [6.45, 7) is 0. The van der Waals surface area contributed by atoms with Crippen molar-refractivity contribution in [1.29, 1.82) is 0 Å². The molecule has 0 nitrogen and oxygen atoms in total. The lowest BCUT2D eigenvalue weighted by Gasteiger charge is -2.22. The van der Waals surface area contributed by atoms with E-state index in [9.17, 15) is 0 Å². The van der Waals surface area contributed by atoms with Gasteiger partial charge in [-0.3, -0.25) is 0 Å². The second-order valence-corrected chi connectivity index (χ2v) is 29.9. The molecule has 4 aliphatic rings. The molecule has 4 saturated heterocycles. The minimum Gasteiger partial charge on any atom is -0.156 e. The summed E-state index contributed by atoms with van der Waals surface area (Å²) in [5, 5.41) is 8.80. The normalized spacial score (nSPS) is 28.1. The number of rotatable bonds is 26. The van der Waals surface area contributed by atoms with E-state index >= 15 is 0 Å². The van der Waals surface area contributed by atoms with E-state index in [1.54, 1.807) is 0 Å². The fourth-order valence-electron chi connectivity index (χ4n) is 2.23. The smallest absolute Gasteiger partial charge is 0.0538 e. The largest absolute Gasteiger partial charge is 0.156 e. The third-order valence-electron chi connectivity index (χ3n) is 4.55. The topological polar surface area (TPSA) is 0 Å². The van der Waals surface area contributed by atoms with E-state index in [0.29, 0.717) is 0 Å². The van der Waals surface area contributed by atoms with Crippen molar-refractivity contribution < 1.29 is 0 Å². The first-order valence-electron chi connectivity index (χ1n) is 11.3. The Kier molecular flexibility index (Phi) is 20.4. The van der Waals surface area contributed by atoms with E-state index in [4.69, 9.17) is 0 Å². The van der Waals surface area contributed by atoms with Gasteiger partial charge in [0.2, 0.25) is 0 Å². The van der Waals surface area contributed by atoms with Crippen molar-refractivity contribution in [3.63, 3.8) is 0 Å². The molecule has 204 valence electrons. The highest BCUT2D eigenvalue weighted by Gasteiger charge is 2.25. The Hall–Kier alpha value is 5.60. The molecule has 16 heteroatoms. The average molecular weight is 774 g/mol. The van der Waals surface area contributed by atoms with Crippen molar-refractivity contribution in [2.45, 2.75) is 36.6 Å².